The minimum Gasteiger partial charge on any atom is -0.492 e. The lowest BCUT2D eigenvalue weighted by molar-refractivity contribution is -0.275. The Morgan fingerprint density at radius 2 is 1.95 bits per heavy atom. The molecule has 19 heavy (non-hydrogen) atoms. The molecule has 1 aromatic carbocycles. The maximum Gasteiger partial charge on any atom is 0.573 e. The lowest BCUT2D eigenvalue weighted by atomic mass is 10.3. The molecular formula is C9H9BrF3NO4S. The zero-order valence-corrected chi connectivity index (χ0v) is 11.9. The summed E-state index contributed by atoms with van der Waals surface area (Å²) in [6.45, 7) is 1.59. The van der Waals surface area contributed by atoms with E-state index in [0.717, 1.165) is 0 Å². The van der Waals surface area contributed by atoms with E-state index < -0.39 is 27.0 Å². The van der Waals surface area contributed by atoms with Crippen LogP contribution in [0.1, 0.15) is 6.92 Å². The van der Waals surface area contributed by atoms with E-state index in [1.165, 1.54) is 12.1 Å². The predicted octanol–water partition coefficient (Wildman–Crippen LogP) is 2.39. The molecule has 0 aliphatic rings. The van der Waals surface area contributed by atoms with Gasteiger partial charge in [-0.15, -0.1) is 13.2 Å². The smallest absolute Gasteiger partial charge is 0.492 e. The van der Waals surface area contributed by atoms with Crippen LogP contribution in [0.5, 0.6) is 11.5 Å². The molecule has 1 aromatic rings. The van der Waals surface area contributed by atoms with Crippen LogP contribution in [0.4, 0.5) is 13.2 Å². The molecular weight excluding hydrogens is 355 g/mol. The van der Waals surface area contributed by atoms with Gasteiger partial charge in [-0.1, -0.05) is 0 Å². The molecule has 2 N–H and O–H groups in total. The van der Waals surface area contributed by atoms with Gasteiger partial charge >= 0.3 is 6.36 Å². The summed E-state index contributed by atoms with van der Waals surface area (Å²) in [5.41, 5.74) is 0. The third kappa shape index (κ3) is 4.25. The van der Waals surface area contributed by atoms with Crippen molar-refractivity contribution < 1.29 is 31.1 Å². The van der Waals surface area contributed by atoms with Crippen LogP contribution in [-0.2, 0) is 10.0 Å². The normalized spacial score (nSPS) is 12.3. The highest BCUT2D eigenvalue weighted by Crippen LogP contribution is 2.41. The molecule has 0 unspecified atom stereocenters. The zero-order valence-electron chi connectivity index (χ0n) is 9.49. The Bertz CT molecular complexity index is 574. The van der Waals surface area contributed by atoms with Gasteiger partial charge in [0.1, 0.15) is 5.75 Å². The molecule has 0 aliphatic heterocycles. The van der Waals surface area contributed by atoms with Crippen molar-refractivity contribution in [2.45, 2.75) is 18.2 Å². The van der Waals surface area contributed by atoms with Crippen LogP contribution < -0.4 is 14.6 Å². The van der Waals surface area contributed by atoms with E-state index in [1.807, 2.05) is 0 Å². The average molecular weight is 364 g/mol. The average Bonchev–Trinajstić information content (AvgIpc) is 2.19. The molecule has 0 radical (unpaired) electrons. The number of halogens is 4. The van der Waals surface area contributed by atoms with Crippen LogP contribution in [0.25, 0.3) is 0 Å². The number of hydrogen-bond donors (Lipinski definition) is 1. The number of hydrogen-bond acceptors (Lipinski definition) is 4. The summed E-state index contributed by atoms with van der Waals surface area (Å²) < 4.78 is 68.1. The highest BCUT2D eigenvalue weighted by Gasteiger charge is 2.36. The minimum atomic E-state index is -5.06. The van der Waals surface area contributed by atoms with Gasteiger partial charge < -0.3 is 9.47 Å². The minimum absolute atomic E-state index is 0.0512. The summed E-state index contributed by atoms with van der Waals surface area (Å²) >= 11 is 2.78. The summed E-state index contributed by atoms with van der Waals surface area (Å²) in [5, 5.41) is 4.90. The molecule has 10 heteroatoms. The topological polar surface area (TPSA) is 78.6 Å². The van der Waals surface area contributed by atoms with Crippen molar-refractivity contribution in [3.8, 4) is 11.5 Å². The third-order valence-corrected chi connectivity index (χ3v) is 3.41. The van der Waals surface area contributed by atoms with Crippen molar-refractivity contribution >= 4 is 26.0 Å². The van der Waals surface area contributed by atoms with Gasteiger partial charge in [0.25, 0.3) is 0 Å². The van der Waals surface area contributed by atoms with Crippen LogP contribution >= 0.6 is 15.9 Å². The number of sulfonamides is 1. The van der Waals surface area contributed by atoms with Crippen LogP contribution in [0, 0.1) is 0 Å². The monoisotopic (exact) mass is 363 g/mol. The Labute approximate surface area is 115 Å². The van der Waals surface area contributed by atoms with E-state index in [1.54, 1.807) is 6.92 Å². The number of benzene rings is 1. The van der Waals surface area contributed by atoms with Crippen molar-refractivity contribution in [2.75, 3.05) is 6.61 Å². The van der Waals surface area contributed by atoms with Crippen LogP contribution in [-0.4, -0.2) is 21.4 Å². The summed E-state index contributed by atoms with van der Waals surface area (Å²) in [6, 6.07) is 2.34. The van der Waals surface area contributed by atoms with Gasteiger partial charge in [-0.2, -0.15) is 0 Å². The molecule has 0 spiro atoms. The Hall–Kier alpha value is -1.00. The maximum absolute atomic E-state index is 12.3. The van der Waals surface area contributed by atoms with Crippen LogP contribution in [0.15, 0.2) is 21.5 Å². The number of rotatable bonds is 4. The molecule has 0 saturated heterocycles. The third-order valence-electron chi connectivity index (χ3n) is 1.83. The number of primary sulfonamides is 1. The van der Waals surface area contributed by atoms with Gasteiger partial charge in [0.2, 0.25) is 10.0 Å². The van der Waals surface area contributed by atoms with Gasteiger partial charge in [0, 0.05) is 0 Å². The summed E-state index contributed by atoms with van der Waals surface area (Å²) in [4.78, 5) is -0.860. The Morgan fingerprint density at radius 1 is 1.37 bits per heavy atom. The predicted molar refractivity (Wildman–Crippen MR) is 63.4 cm³/mol. The van der Waals surface area contributed by atoms with E-state index in [-0.39, 0.29) is 16.8 Å². The number of alkyl halides is 3. The standard InChI is InChI=1S/C9H9BrF3NO4S/c1-2-17-6-4-3-5(10)7(18-9(11,12)13)8(6)19(14,15)16/h3-4H,2H2,1H3,(H2,14,15,16). The van der Waals surface area contributed by atoms with E-state index >= 15 is 0 Å². The quantitative estimate of drug-likeness (QED) is 0.890. The molecule has 0 bridgehead atoms. The zero-order chi connectivity index (χ0) is 14.8. The largest absolute Gasteiger partial charge is 0.573 e. The summed E-state index contributed by atoms with van der Waals surface area (Å²) in [7, 11) is -4.46. The lowest BCUT2D eigenvalue weighted by Gasteiger charge is -2.16. The molecule has 1 rings (SSSR count). The number of nitrogens with two attached hydrogens (primary N) is 1. The van der Waals surface area contributed by atoms with E-state index in [4.69, 9.17) is 9.88 Å². The number of ether oxygens (including phenoxy) is 2. The molecule has 5 nitrogen and oxygen atoms in total. The second-order valence-electron chi connectivity index (χ2n) is 3.23. The highest BCUT2D eigenvalue weighted by molar-refractivity contribution is 9.10. The Balaban J connectivity index is 3.54. The highest BCUT2D eigenvalue weighted by atomic mass is 79.9. The SMILES string of the molecule is CCOc1ccc(Br)c(OC(F)(F)F)c1S(N)(=O)=O. The van der Waals surface area contributed by atoms with E-state index in [9.17, 15) is 21.6 Å². The molecule has 0 atom stereocenters. The van der Waals surface area contributed by atoms with Gasteiger partial charge in [-0.3, -0.25) is 0 Å². The van der Waals surface area contributed by atoms with Gasteiger partial charge in [-0.25, -0.2) is 13.6 Å². The summed E-state index contributed by atoms with van der Waals surface area (Å²) in [6.07, 6.45) is -5.06. The molecule has 0 fully saturated rings. The van der Waals surface area contributed by atoms with Crippen molar-refractivity contribution in [1.29, 1.82) is 0 Å². The van der Waals surface area contributed by atoms with Gasteiger partial charge in [-0.05, 0) is 35.0 Å². The van der Waals surface area contributed by atoms with Gasteiger partial charge in [0.05, 0.1) is 11.1 Å². The first-order valence-electron chi connectivity index (χ1n) is 4.80. The molecule has 0 saturated carbocycles. The second-order valence-corrected chi connectivity index (χ2v) is 5.58. The first kappa shape index (κ1) is 16.1. The first-order chi connectivity index (χ1) is 8.56. The Morgan fingerprint density at radius 3 is 2.37 bits per heavy atom. The van der Waals surface area contributed by atoms with E-state index in [2.05, 4.69) is 20.7 Å². The molecule has 0 aromatic heterocycles. The van der Waals surface area contributed by atoms with Crippen LogP contribution in [0.3, 0.4) is 0 Å². The van der Waals surface area contributed by atoms with Crippen molar-refractivity contribution in [2.24, 2.45) is 5.14 Å². The van der Waals surface area contributed by atoms with Crippen molar-refractivity contribution in [3.63, 3.8) is 0 Å². The second kappa shape index (κ2) is 5.55. The molecule has 0 heterocycles. The fourth-order valence-corrected chi connectivity index (χ4v) is 2.63. The fraction of sp³-hybridized carbons (Fsp3) is 0.333. The van der Waals surface area contributed by atoms with Crippen molar-refractivity contribution in [1.82, 2.24) is 0 Å². The Kier molecular flexibility index (Phi) is 4.69. The van der Waals surface area contributed by atoms with Crippen LogP contribution in [0.2, 0.25) is 0 Å². The van der Waals surface area contributed by atoms with E-state index in [0.29, 0.717) is 0 Å². The summed E-state index contributed by atoms with van der Waals surface area (Å²) in [5.74, 6) is -1.27. The molecule has 0 amide bonds. The fourth-order valence-electron chi connectivity index (χ4n) is 1.27. The first-order valence-corrected chi connectivity index (χ1v) is 7.14. The maximum atomic E-state index is 12.3. The van der Waals surface area contributed by atoms with Gasteiger partial charge in [0.15, 0.2) is 10.6 Å². The molecule has 0 aliphatic carbocycles. The lowest BCUT2D eigenvalue weighted by Crippen LogP contribution is -2.22. The van der Waals surface area contributed by atoms with Crippen molar-refractivity contribution in [3.05, 3.63) is 16.6 Å². The molecule has 108 valence electrons.